The number of hydrogen-bond donors (Lipinski definition) is 1. The van der Waals surface area contributed by atoms with Crippen LogP contribution in [0.2, 0.25) is 0 Å². The highest BCUT2D eigenvalue weighted by Crippen LogP contribution is 2.35. The topological polar surface area (TPSA) is 45.5 Å². The molecule has 25 heavy (non-hydrogen) atoms. The predicted molar refractivity (Wildman–Crippen MR) is 96.4 cm³/mol. The monoisotopic (exact) mass is 344 g/mol. The number of hydrogen-bond acceptors (Lipinski definition) is 3. The first-order valence-corrected chi connectivity index (χ1v) is 8.96. The minimum Gasteiger partial charge on any atom is -0.507 e. The lowest BCUT2D eigenvalue weighted by atomic mass is 9.94. The second-order valence-electron chi connectivity index (χ2n) is 6.65. The third-order valence-corrected chi connectivity index (χ3v) is 5.07. The standard InChI is InChI=1S/C20H25FN2O2/c1-3-23-14(2)13-17(24)18(20(23)25)19(22-11-7-4-8-12-22)15-9-5-6-10-16(15)21/h5-6,9-10,13,19,24H,3-4,7-8,11-12H2,1-2H3/t19-/m1/s1. The van der Waals surface area contributed by atoms with Crippen molar-refractivity contribution in [3.63, 3.8) is 0 Å². The molecule has 1 aliphatic rings. The normalized spacial score (nSPS) is 16.8. The number of pyridine rings is 1. The van der Waals surface area contributed by atoms with Crippen molar-refractivity contribution in [1.29, 1.82) is 0 Å². The van der Waals surface area contributed by atoms with Gasteiger partial charge in [-0.1, -0.05) is 24.6 Å². The second-order valence-corrected chi connectivity index (χ2v) is 6.65. The molecule has 1 saturated heterocycles. The van der Waals surface area contributed by atoms with Gasteiger partial charge in [0.25, 0.3) is 5.56 Å². The number of rotatable bonds is 4. The molecular weight excluding hydrogens is 319 g/mol. The number of piperidine rings is 1. The van der Waals surface area contributed by atoms with Crippen molar-refractivity contribution < 1.29 is 9.50 Å². The summed E-state index contributed by atoms with van der Waals surface area (Å²) in [4.78, 5) is 15.2. The van der Waals surface area contributed by atoms with E-state index < -0.39 is 6.04 Å². The predicted octanol–water partition coefficient (Wildman–Crippen LogP) is 3.60. The number of aryl methyl sites for hydroxylation is 1. The fourth-order valence-electron chi connectivity index (χ4n) is 3.83. The number of likely N-dealkylation sites (tertiary alicyclic amines) is 1. The van der Waals surface area contributed by atoms with Crippen molar-refractivity contribution in [3.05, 3.63) is 63.3 Å². The number of nitrogens with zero attached hydrogens (tertiary/aromatic N) is 2. The summed E-state index contributed by atoms with van der Waals surface area (Å²) in [6.45, 7) is 5.79. The lowest BCUT2D eigenvalue weighted by Crippen LogP contribution is -2.39. The molecule has 0 unspecified atom stereocenters. The van der Waals surface area contributed by atoms with Crippen LogP contribution in [0, 0.1) is 12.7 Å². The zero-order chi connectivity index (χ0) is 18.0. The molecule has 5 heteroatoms. The average Bonchev–Trinajstić information content (AvgIpc) is 2.60. The quantitative estimate of drug-likeness (QED) is 0.922. The van der Waals surface area contributed by atoms with Crippen molar-refractivity contribution >= 4 is 0 Å². The summed E-state index contributed by atoms with van der Waals surface area (Å²) in [6.07, 6.45) is 3.17. The van der Waals surface area contributed by atoms with Crippen LogP contribution in [0.1, 0.15) is 49.0 Å². The number of aromatic nitrogens is 1. The van der Waals surface area contributed by atoms with E-state index in [4.69, 9.17) is 0 Å². The highest BCUT2D eigenvalue weighted by Gasteiger charge is 2.31. The first kappa shape index (κ1) is 17.7. The number of aromatic hydroxyl groups is 1. The third-order valence-electron chi connectivity index (χ3n) is 5.07. The summed E-state index contributed by atoms with van der Waals surface area (Å²) in [7, 11) is 0. The van der Waals surface area contributed by atoms with Crippen LogP contribution in [0.4, 0.5) is 4.39 Å². The van der Waals surface area contributed by atoms with Crippen molar-refractivity contribution in [1.82, 2.24) is 9.47 Å². The molecule has 134 valence electrons. The highest BCUT2D eigenvalue weighted by molar-refractivity contribution is 5.41. The van der Waals surface area contributed by atoms with Crippen LogP contribution in [0.15, 0.2) is 35.1 Å². The Morgan fingerprint density at radius 2 is 1.88 bits per heavy atom. The third kappa shape index (κ3) is 3.33. The molecule has 0 radical (unpaired) electrons. The lowest BCUT2D eigenvalue weighted by Gasteiger charge is -2.35. The van der Waals surface area contributed by atoms with E-state index in [0.29, 0.717) is 17.8 Å². The molecular formula is C20H25FN2O2. The number of halogens is 1. The SMILES string of the molecule is CCn1c(C)cc(O)c([C@@H](c2ccccc2F)N2CCCCC2)c1=O. The van der Waals surface area contributed by atoms with Crippen LogP contribution in [-0.4, -0.2) is 27.7 Å². The molecule has 2 heterocycles. The Balaban J connectivity index is 2.22. The van der Waals surface area contributed by atoms with E-state index in [9.17, 15) is 14.3 Å². The maximum absolute atomic E-state index is 14.6. The molecule has 0 amide bonds. The Labute approximate surface area is 147 Å². The van der Waals surface area contributed by atoms with Gasteiger partial charge in [-0.15, -0.1) is 0 Å². The van der Waals surface area contributed by atoms with Gasteiger partial charge in [0.05, 0.1) is 11.6 Å². The molecule has 1 aromatic heterocycles. The Morgan fingerprint density at radius 3 is 2.52 bits per heavy atom. The zero-order valence-electron chi connectivity index (χ0n) is 14.8. The molecule has 0 bridgehead atoms. The Morgan fingerprint density at radius 1 is 1.20 bits per heavy atom. The smallest absolute Gasteiger partial charge is 0.259 e. The Bertz CT molecular complexity index is 810. The zero-order valence-corrected chi connectivity index (χ0v) is 14.8. The molecule has 1 atom stereocenters. The average molecular weight is 344 g/mol. The maximum atomic E-state index is 14.6. The van der Waals surface area contributed by atoms with Gasteiger partial charge in [-0.25, -0.2) is 4.39 Å². The first-order valence-electron chi connectivity index (χ1n) is 8.96. The molecule has 0 saturated carbocycles. The molecule has 1 fully saturated rings. The van der Waals surface area contributed by atoms with E-state index in [2.05, 4.69) is 4.90 Å². The van der Waals surface area contributed by atoms with Crippen molar-refractivity contribution in [2.75, 3.05) is 13.1 Å². The summed E-state index contributed by atoms with van der Waals surface area (Å²) in [5.41, 5.74) is 1.20. The number of benzene rings is 1. The summed E-state index contributed by atoms with van der Waals surface area (Å²) in [5, 5.41) is 10.6. The lowest BCUT2D eigenvalue weighted by molar-refractivity contribution is 0.180. The summed E-state index contributed by atoms with van der Waals surface area (Å²) in [6, 6.07) is 7.59. The molecule has 3 rings (SSSR count). The second kappa shape index (κ2) is 7.40. The van der Waals surface area contributed by atoms with Gasteiger partial charge in [0.2, 0.25) is 0 Å². The van der Waals surface area contributed by atoms with Gasteiger partial charge in [0.15, 0.2) is 0 Å². The van der Waals surface area contributed by atoms with Crippen LogP contribution in [-0.2, 0) is 6.54 Å². The minimum absolute atomic E-state index is 0.0500. The Hall–Kier alpha value is -2.14. The van der Waals surface area contributed by atoms with Crippen molar-refractivity contribution in [3.8, 4) is 5.75 Å². The van der Waals surface area contributed by atoms with Crippen LogP contribution in [0.3, 0.4) is 0 Å². The van der Waals surface area contributed by atoms with Crippen LogP contribution < -0.4 is 5.56 Å². The Kier molecular flexibility index (Phi) is 5.23. The van der Waals surface area contributed by atoms with Crippen molar-refractivity contribution in [2.45, 2.75) is 45.7 Å². The van der Waals surface area contributed by atoms with E-state index >= 15 is 0 Å². The fourth-order valence-corrected chi connectivity index (χ4v) is 3.83. The van der Waals surface area contributed by atoms with Gasteiger partial charge < -0.3 is 9.67 Å². The molecule has 1 aliphatic heterocycles. The van der Waals surface area contributed by atoms with Crippen LogP contribution >= 0.6 is 0 Å². The van der Waals surface area contributed by atoms with Gasteiger partial charge in [0, 0.05) is 17.8 Å². The molecule has 2 aromatic rings. The minimum atomic E-state index is -0.563. The van der Waals surface area contributed by atoms with Crippen LogP contribution in [0.25, 0.3) is 0 Å². The van der Waals surface area contributed by atoms with E-state index in [1.807, 2.05) is 6.92 Å². The van der Waals surface area contributed by atoms with Gasteiger partial charge in [-0.2, -0.15) is 0 Å². The maximum Gasteiger partial charge on any atom is 0.259 e. The summed E-state index contributed by atoms with van der Waals surface area (Å²) < 4.78 is 16.2. The van der Waals surface area contributed by atoms with Gasteiger partial charge in [-0.05, 0) is 51.9 Å². The van der Waals surface area contributed by atoms with Crippen LogP contribution in [0.5, 0.6) is 5.75 Å². The van der Waals surface area contributed by atoms with Gasteiger partial charge >= 0.3 is 0 Å². The van der Waals surface area contributed by atoms with Gasteiger partial charge in [-0.3, -0.25) is 9.69 Å². The summed E-state index contributed by atoms with van der Waals surface area (Å²) >= 11 is 0. The van der Waals surface area contributed by atoms with E-state index in [0.717, 1.165) is 32.4 Å². The van der Waals surface area contributed by atoms with Crippen molar-refractivity contribution in [2.24, 2.45) is 0 Å². The van der Waals surface area contributed by atoms with E-state index in [1.165, 1.54) is 6.07 Å². The van der Waals surface area contributed by atoms with Gasteiger partial charge in [0.1, 0.15) is 11.6 Å². The van der Waals surface area contributed by atoms with E-state index in [-0.39, 0.29) is 22.7 Å². The van der Waals surface area contributed by atoms with E-state index in [1.54, 1.807) is 35.8 Å². The highest BCUT2D eigenvalue weighted by atomic mass is 19.1. The first-order chi connectivity index (χ1) is 12.0. The summed E-state index contributed by atoms with van der Waals surface area (Å²) in [5.74, 6) is -0.397. The molecule has 1 N–H and O–H groups in total. The largest absolute Gasteiger partial charge is 0.507 e. The molecule has 1 aromatic carbocycles. The molecule has 0 spiro atoms. The fraction of sp³-hybridized carbons (Fsp3) is 0.450. The molecule has 0 aliphatic carbocycles. The molecule has 4 nitrogen and oxygen atoms in total.